The number of carbonyl (C=O) groups excluding carboxylic acids is 1. The zero-order valence-corrected chi connectivity index (χ0v) is 19.3. The van der Waals surface area contributed by atoms with Gasteiger partial charge in [0.1, 0.15) is 17.4 Å². The summed E-state index contributed by atoms with van der Waals surface area (Å²) >= 11 is 0. The normalized spacial score (nSPS) is 18.6. The predicted octanol–water partition coefficient (Wildman–Crippen LogP) is 4.62. The van der Waals surface area contributed by atoms with Crippen molar-refractivity contribution in [3.8, 4) is 0 Å². The van der Waals surface area contributed by atoms with Gasteiger partial charge in [-0.05, 0) is 50.1 Å². The van der Waals surface area contributed by atoms with Gasteiger partial charge in [0, 0.05) is 24.5 Å². The lowest BCUT2D eigenvalue weighted by molar-refractivity contribution is -0.117. The number of benzene rings is 1. The summed E-state index contributed by atoms with van der Waals surface area (Å²) in [5.74, 6) is -1.06. The highest BCUT2D eigenvalue weighted by atomic mass is 19.3. The number of hydrogen-bond donors (Lipinski definition) is 2. The topological polar surface area (TPSA) is 90.2 Å². The van der Waals surface area contributed by atoms with Crippen molar-refractivity contribution >= 4 is 23.0 Å². The Morgan fingerprint density at radius 2 is 2.03 bits per heavy atom. The van der Waals surface area contributed by atoms with Crippen molar-refractivity contribution in [1.29, 1.82) is 0 Å². The van der Waals surface area contributed by atoms with Crippen LogP contribution in [0.4, 0.5) is 13.2 Å². The molecule has 1 aromatic heterocycles. The average molecular weight is 483 g/mol. The molecule has 7 nitrogen and oxygen atoms in total. The van der Waals surface area contributed by atoms with Crippen LogP contribution in [0.2, 0.25) is 0 Å². The molecule has 0 saturated carbocycles. The third-order valence-electron chi connectivity index (χ3n) is 5.88. The molecular weight excluding hydrogens is 459 g/mol. The standard InChI is InChI=1S/C25H24F3N5O2/c1-13-11-33-12-17(16-7-8-29-21(10-16)15(3)32-35)9-20(24(33)30-13)25(34)31-14(2)18-5-4-6-19(22(18)26)23(27)28/h4-10,12-14,23,35H,11H2,1-3H3,(H,31,34)/b32-15-/t13-,14-/m1/s1. The van der Waals surface area contributed by atoms with Crippen molar-refractivity contribution in [2.75, 3.05) is 6.54 Å². The highest BCUT2D eigenvalue weighted by Gasteiger charge is 2.32. The minimum Gasteiger partial charge on any atom is -0.411 e. The summed E-state index contributed by atoms with van der Waals surface area (Å²) in [6.45, 7) is 5.65. The van der Waals surface area contributed by atoms with Crippen LogP contribution < -0.4 is 5.32 Å². The van der Waals surface area contributed by atoms with Crippen LogP contribution in [0.3, 0.4) is 0 Å². The summed E-state index contributed by atoms with van der Waals surface area (Å²) < 4.78 is 40.9. The summed E-state index contributed by atoms with van der Waals surface area (Å²) in [5, 5.41) is 15.0. The number of aromatic nitrogens is 1. The molecular formula is C25H24F3N5O2. The van der Waals surface area contributed by atoms with E-state index in [-0.39, 0.29) is 17.2 Å². The zero-order chi connectivity index (χ0) is 25.3. The molecule has 0 spiro atoms. The Balaban J connectivity index is 1.66. The lowest BCUT2D eigenvalue weighted by atomic mass is 9.98. The first kappa shape index (κ1) is 24.2. The molecule has 0 fully saturated rings. The second kappa shape index (κ2) is 9.73. The number of nitrogens with one attached hydrogen (secondary N) is 1. The van der Waals surface area contributed by atoms with Crippen molar-refractivity contribution in [1.82, 2.24) is 15.2 Å². The molecule has 1 aromatic carbocycles. The number of hydrogen-bond acceptors (Lipinski definition) is 6. The average Bonchev–Trinajstić information content (AvgIpc) is 3.22. The number of pyridine rings is 1. The Morgan fingerprint density at radius 1 is 1.29 bits per heavy atom. The van der Waals surface area contributed by atoms with Crippen molar-refractivity contribution in [3.63, 3.8) is 0 Å². The first-order valence-corrected chi connectivity index (χ1v) is 11.0. The summed E-state index contributed by atoms with van der Waals surface area (Å²) in [6, 6.07) is 6.33. The van der Waals surface area contributed by atoms with Gasteiger partial charge in [0.25, 0.3) is 12.3 Å². The Bertz CT molecular complexity index is 1290. The van der Waals surface area contributed by atoms with Gasteiger partial charge in [-0.2, -0.15) is 0 Å². The monoisotopic (exact) mass is 483 g/mol. The largest absolute Gasteiger partial charge is 0.411 e. The molecule has 1 amide bonds. The van der Waals surface area contributed by atoms with Gasteiger partial charge in [0.2, 0.25) is 0 Å². The smallest absolute Gasteiger partial charge is 0.266 e. The first-order chi connectivity index (χ1) is 16.7. The van der Waals surface area contributed by atoms with Crippen molar-refractivity contribution in [2.24, 2.45) is 10.1 Å². The first-order valence-electron chi connectivity index (χ1n) is 11.0. The number of oxime groups is 1. The Labute approximate surface area is 200 Å². The summed E-state index contributed by atoms with van der Waals surface area (Å²) in [4.78, 5) is 23.9. The number of halogens is 3. The van der Waals surface area contributed by atoms with Gasteiger partial charge in [0.15, 0.2) is 0 Å². The van der Waals surface area contributed by atoms with Crippen molar-refractivity contribution < 1.29 is 23.2 Å². The van der Waals surface area contributed by atoms with E-state index >= 15 is 0 Å². The fourth-order valence-corrected chi connectivity index (χ4v) is 4.07. The molecule has 182 valence electrons. The van der Waals surface area contributed by atoms with E-state index < -0.39 is 29.8 Å². The van der Waals surface area contributed by atoms with Gasteiger partial charge in [-0.25, -0.2) is 13.2 Å². The highest BCUT2D eigenvalue weighted by molar-refractivity contribution is 6.24. The van der Waals surface area contributed by atoms with Crippen molar-refractivity contribution in [2.45, 2.75) is 39.3 Å². The van der Waals surface area contributed by atoms with E-state index in [0.717, 1.165) is 11.6 Å². The molecule has 4 rings (SSSR count). The molecule has 10 heteroatoms. The van der Waals surface area contributed by atoms with E-state index in [1.807, 2.05) is 18.0 Å². The Hall–Kier alpha value is -3.95. The molecule has 2 aliphatic rings. The van der Waals surface area contributed by atoms with E-state index in [1.54, 1.807) is 31.3 Å². The van der Waals surface area contributed by atoms with E-state index in [2.05, 4.69) is 20.4 Å². The lowest BCUT2D eigenvalue weighted by Crippen LogP contribution is -2.37. The van der Waals surface area contributed by atoms with Crippen LogP contribution in [0, 0.1) is 5.82 Å². The minimum absolute atomic E-state index is 0.0283. The van der Waals surface area contributed by atoms with Crippen molar-refractivity contribution in [3.05, 3.63) is 82.6 Å². The fraction of sp³-hybridized carbons (Fsp3) is 0.280. The van der Waals surface area contributed by atoms with Crippen LogP contribution in [-0.4, -0.2) is 45.1 Å². The number of allylic oxidation sites excluding steroid dienone is 2. The summed E-state index contributed by atoms with van der Waals surface area (Å²) in [5.41, 5.74) is 1.80. The number of amides is 1. The maximum absolute atomic E-state index is 14.6. The minimum atomic E-state index is -2.96. The Morgan fingerprint density at radius 3 is 2.74 bits per heavy atom. The third-order valence-corrected chi connectivity index (χ3v) is 5.88. The third kappa shape index (κ3) is 4.82. The van der Waals surface area contributed by atoms with E-state index in [0.29, 0.717) is 29.4 Å². The Kier molecular flexibility index (Phi) is 6.72. The maximum atomic E-state index is 14.6. The second-order valence-corrected chi connectivity index (χ2v) is 8.46. The molecule has 3 heterocycles. The molecule has 0 aliphatic carbocycles. The van der Waals surface area contributed by atoms with Gasteiger partial charge < -0.3 is 15.4 Å². The van der Waals surface area contributed by atoms with Crippen LogP contribution >= 0.6 is 0 Å². The van der Waals surface area contributed by atoms with Crippen LogP contribution in [-0.2, 0) is 4.79 Å². The number of alkyl halides is 2. The van der Waals surface area contributed by atoms with Gasteiger partial charge in [-0.3, -0.25) is 14.8 Å². The molecule has 2 aliphatic heterocycles. The van der Waals surface area contributed by atoms with Crippen LogP contribution in [0.25, 0.3) is 5.57 Å². The van der Waals surface area contributed by atoms with Gasteiger partial charge in [-0.1, -0.05) is 23.4 Å². The van der Waals surface area contributed by atoms with Gasteiger partial charge >= 0.3 is 0 Å². The lowest BCUT2D eigenvalue weighted by Gasteiger charge is -2.25. The number of nitrogens with zero attached hydrogens (tertiary/aromatic N) is 4. The maximum Gasteiger partial charge on any atom is 0.266 e. The predicted molar refractivity (Wildman–Crippen MR) is 126 cm³/mol. The number of amidine groups is 1. The van der Waals surface area contributed by atoms with Crippen LogP contribution in [0.15, 0.2) is 64.5 Å². The number of fused-ring (bicyclic) bond motifs is 1. The summed E-state index contributed by atoms with van der Waals surface area (Å²) in [7, 11) is 0. The van der Waals surface area contributed by atoms with Gasteiger partial charge in [-0.15, -0.1) is 0 Å². The van der Waals surface area contributed by atoms with Crippen LogP contribution in [0.1, 0.15) is 55.6 Å². The van der Waals surface area contributed by atoms with Crippen LogP contribution in [0.5, 0.6) is 0 Å². The van der Waals surface area contributed by atoms with E-state index in [9.17, 15) is 18.0 Å². The molecule has 0 saturated heterocycles. The highest BCUT2D eigenvalue weighted by Crippen LogP contribution is 2.30. The molecule has 2 atom stereocenters. The number of rotatable bonds is 6. The molecule has 35 heavy (non-hydrogen) atoms. The molecule has 2 aromatic rings. The van der Waals surface area contributed by atoms with E-state index in [1.165, 1.54) is 19.1 Å². The molecule has 0 radical (unpaired) electrons. The quantitative estimate of drug-likeness (QED) is 0.357. The second-order valence-electron chi connectivity index (χ2n) is 8.46. The SMILES string of the molecule is C/C(=N/O)c1cc(C2=CN3C[C@@H](C)N=C3C(C(=O)N[C@H](C)c3cccc(C(F)F)c3F)=C2)ccn1. The zero-order valence-electron chi connectivity index (χ0n) is 19.3. The van der Waals surface area contributed by atoms with Gasteiger partial charge in [0.05, 0.1) is 28.9 Å². The van der Waals surface area contributed by atoms with E-state index in [4.69, 9.17) is 5.21 Å². The molecule has 0 unspecified atom stereocenters. The summed E-state index contributed by atoms with van der Waals surface area (Å²) in [6.07, 6.45) is 2.16. The number of carbonyl (C=O) groups is 1. The molecule has 0 bridgehead atoms. The fourth-order valence-electron chi connectivity index (χ4n) is 4.07. The number of aliphatic imine (C=N–C) groups is 1. The molecule has 2 N–H and O–H groups in total.